The standard InChI is InChI=1S/C15H14BrFO/c1-10-3-4-12(7-11(10)2)9-18-15-8-13(17)5-6-14(15)16/h3-8H,9H2,1-2H3. The molecule has 0 N–H and O–H groups in total. The van der Waals surface area contributed by atoms with Gasteiger partial charge in [0.25, 0.3) is 0 Å². The molecule has 0 radical (unpaired) electrons. The van der Waals surface area contributed by atoms with E-state index in [9.17, 15) is 4.39 Å². The molecule has 0 aliphatic heterocycles. The fourth-order valence-electron chi connectivity index (χ4n) is 1.64. The largest absolute Gasteiger partial charge is 0.488 e. The van der Waals surface area contributed by atoms with Crippen molar-refractivity contribution < 1.29 is 9.13 Å². The van der Waals surface area contributed by atoms with Gasteiger partial charge in [0.05, 0.1) is 4.47 Å². The van der Waals surface area contributed by atoms with Crippen molar-refractivity contribution in [2.24, 2.45) is 0 Å². The molecule has 0 heterocycles. The van der Waals surface area contributed by atoms with Crippen LogP contribution in [0.4, 0.5) is 4.39 Å². The summed E-state index contributed by atoms with van der Waals surface area (Å²) < 4.78 is 19.5. The summed E-state index contributed by atoms with van der Waals surface area (Å²) in [6, 6.07) is 10.6. The van der Waals surface area contributed by atoms with Crippen LogP contribution in [0.2, 0.25) is 0 Å². The van der Waals surface area contributed by atoms with Crippen LogP contribution in [-0.4, -0.2) is 0 Å². The van der Waals surface area contributed by atoms with Gasteiger partial charge < -0.3 is 4.74 Å². The maximum atomic E-state index is 13.1. The Hall–Kier alpha value is -1.35. The van der Waals surface area contributed by atoms with Crippen LogP contribution in [0.3, 0.4) is 0 Å². The zero-order valence-electron chi connectivity index (χ0n) is 10.3. The van der Waals surface area contributed by atoms with Crippen LogP contribution in [0.1, 0.15) is 16.7 Å². The van der Waals surface area contributed by atoms with Crippen LogP contribution in [-0.2, 0) is 6.61 Å². The Bertz CT molecular complexity index is 566. The van der Waals surface area contributed by atoms with Crippen molar-refractivity contribution in [3.63, 3.8) is 0 Å². The van der Waals surface area contributed by atoms with Gasteiger partial charge in [-0.15, -0.1) is 0 Å². The molecule has 0 atom stereocenters. The second-order valence-electron chi connectivity index (χ2n) is 4.28. The van der Waals surface area contributed by atoms with Crippen molar-refractivity contribution in [1.82, 2.24) is 0 Å². The molecule has 1 nitrogen and oxygen atoms in total. The summed E-state index contributed by atoms with van der Waals surface area (Å²) in [5.41, 5.74) is 3.56. The van der Waals surface area contributed by atoms with Crippen LogP contribution in [0.5, 0.6) is 5.75 Å². The van der Waals surface area contributed by atoms with Gasteiger partial charge in [-0.1, -0.05) is 18.2 Å². The van der Waals surface area contributed by atoms with E-state index in [1.54, 1.807) is 6.07 Å². The van der Waals surface area contributed by atoms with Gasteiger partial charge in [-0.2, -0.15) is 0 Å². The summed E-state index contributed by atoms with van der Waals surface area (Å²) in [6.07, 6.45) is 0. The summed E-state index contributed by atoms with van der Waals surface area (Å²) in [5, 5.41) is 0. The number of hydrogen-bond donors (Lipinski definition) is 0. The summed E-state index contributed by atoms with van der Waals surface area (Å²) in [5.74, 6) is 0.224. The molecule has 2 rings (SSSR count). The Morgan fingerprint density at radius 1 is 1.06 bits per heavy atom. The van der Waals surface area contributed by atoms with Crippen LogP contribution in [0.15, 0.2) is 40.9 Å². The summed E-state index contributed by atoms with van der Waals surface area (Å²) >= 11 is 3.34. The third-order valence-corrected chi connectivity index (χ3v) is 3.51. The summed E-state index contributed by atoms with van der Waals surface area (Å²) in [4.78, 5) is 0. The number of ether oxygens (including phenoxy) is 1. The predicted molar refractivity (Wildman–Crippen MR) is 74.3 cm³/mol. The lowest BCUT2D eigenvalue weighted by atomic mass is 10.1. The zero-order chi connectivity index (χ0) is 13.1. The van der Waals surface area contributed by atoms with Crippen molar-refractivity contribution in [2.75, 3.05) is 0 Å². The number of benzene rings is 2. The van der Waals surface area contributed by atoms with Gasteiger partial charge in [-0.05, 0) is 58.6 Å². The first-order valence-corrected chi connectivity index (χ1v) is 6.49. The van der Waals surface area contributed by atoms with Crippen molar-refractivity contribution in [3.05, 3.63) is 63.4 Å². The lowest BCUT2D eigenvalue weighted by Gasteiger charge is -2.09. The minimum atomic E-state index is -0.298. The third-order valence-electron chi connectivity index (χ3n) is 2.86. The van der Waals surface area contributed by atoms with Gasteiger partial charge in [0.15, 0.2) is 0 Å². The lowest BCUT2D eigenvalue weighted by molar-refractivity contribution is 0.302. The molecule has 0 saturated heterocycles. The average molecular weight is 309 g/mol. The van der Waals surface area contributed by atoms with E-state index >= 15 is 0 Å². The first-order chi connectivity index (χ1) is 8.56. The van der Waals surface area contributed by atoms with Crippen molar-refractivity contribution in [1.29, 1.82) is 0 Å². The minimum absolute atomic E-state index is 0.298. The second kappa shape index (κ2) is 5.53. The van der Waals surface area contributed by atoms with Crippen LogP contribution >= 0.6 is 15.9 Å². The average Bonchev–Trinajstić information content (AvgIpc) is 2.34. The van der Waals surface area contributed by atoms with Crippen LogP contribution in [0.25, 0.3) is 0 Å². The molecule has 0 aliphatic carbocycles. The molecule has 0 fully saturated rings. The van der Waals surface area contributed by atoms with Crippen molar-refractivity contribution >= 4 is 15.9 Å². The van der Waals surface area contributed by atoms with Gasteiger partial charge >= 0.3 is 0 Å². The Balaban J connectivity index is 2.11. The minimum Gasteiger partial charge on any atom is -0.488 e. The second-order valence-corrected chi connectivity index (χ2v) is 5.14. The van der Waals surface area contributed by atoms with Crippen molar-refractivity contribution in [2.45, 2.75) is 20.5 Å². The molecule has 3 heteroatoms. The van der Waals surface area contributed by atoms with Gasteiger partial charge in [0.1, 0.15) is 18.2 Å². The first kappa shape index (κ1) is 13.1. The number of rotatable bonds is 3. The zero-order valence-corrected chi connectivity index (χ0v) is 11.9. The molecule has 94 valence electrons. The molecule has 0 unspecified atom stereocenters. The summed E-state index contributed by atoms with van der Waals surface area (Å²) in [6.45, 7) is 4.57. The highest BCUT2D eigenvalue weighted by Gasteiger charge is 2.04. The SMILES string of the molecule is Cc1ccc(COc2cc(F)ccc2Br)cc1C. The molecular formula is C15H14BrFO. The smallest absolute Gasteiger partial charge is 0.136 e. The highest BCUT2D eigenvalue weighted by molar-refractivity contribution is 9.10. The van der Waals surface area contributed by atoms with E-state index in [1.807, 2.05) is 6.07 Å². The normalized spacial score (nSPS) is 10.4. The van der Waals surface area contributed by atoms with E-state index in [4.69, 9.17) is 4.74 Å². The predicted octanol–water partition coefficient (Wildman–Crippen LogP) is 4.78. The first-order valence-electron chi connectivity index (χ1n) is 5.70. The maximum Gasteiger partial charge on any atom is 0.136 e. The molecule has 2 aromatic rings. The fourth-order valence-corrected chi connectivity index (χ4v) is 2.00. The summed E-state index contributed by atoms with van der Waals surface area (Å²) in [7, 11) is 0. The number of hydrogen-bond acceptors (Lipinski definition) is 1. The molecule has 18 heavy (non-hydrogen) atoms. The number of halogens is 2. The quantitative estimate of drug-likeness (QED) is 0.792. The lowest BCUT2D eigenvalue weighted by Crippen LogP contribution is -1.97. The van der Waals surface area contributed by atoms with Crippen LogP contribution in [0, 0.1) is 19.7 Å². The molecule has 0 amide bonds. The number of aryl methyl sites for hydroxylation is 2. The highest BCUT2D eigenvalue weighted by Crippen LogP contribution is 2.26. The van der Waals surface area contributed by atoms with Gasteiger partial charge in [0, 0.05) is 6.07 Å². The Labute approximate surface area is 115 Å². The molecule has 0 aromatic heterocycles. The van der Waals surface area contributed by atoms with E-state index in [2.05, 4.69) is 41.9 Å². The van der Waals surface area contributed by atoms with E-state index < -0.39 is 0 Å². The molecule has 0 bridgehead atoms. The maximum absolute atomic E-state index is 13.1. The monoisotopic (exact) mass is 308 g/mol. The highest BCUT2D eigenvalue weighted by atomic mass is 79.9. The molecule has 0 spiro atoms. The van der Waals surface area contributed by atoms with Crippen molar-refractivity contribution in [3.8, 4) is 5.75 Å². The molecular weight excluding hydrogens is 295 g/mol. The van der Waals surface area contributed by atoms with Gasteiger partial charge in [-0.3, -0.25) is 0 Å². The third kappa shape index (κ3) is 3.10. The van der Waals surface area contributed by atoms with Gasteiger partial charge in [0.2, 0.25) is 0 Å². The molecule has 0 saturated carbocycles. The van der Waals surface area contributed by atoms with Gasteiger partial charge in [-0.25, -0.2) is 4.39 Å². The Morgan fingerprint density at radius 3 is 2.56 bits per heavy atom. The van der Waals surface area contributed by atoms with E-state index in [0.717, 1.165) is 10.0 Å². The molecule has 2 aromatic carbocycles. The topological polar surface area (TPSA) is 9.23 Å². The Kier molecular flexibility index (Phi) is 4.02. The fraction of sp³-hybridized carbons (Fsp3) is 0.200. The van der Waals surface area contributed by atoms with E-state index in [-0.39, 0.29) is 5.82 Å². The van der Waals surface area contributed by atoms with Crippen LogP contribution < -0.4 is 4.74 Å². The van der Waals surface area contributed by atoms with E-state index in [0.29, 0.717) is 12.4 Å². The molecule has 0 aliphatic rings. The Morgan fingerprint density at radius 2 is 1.83 bits per heavy atom. The van der Waals surface area contributed by atoms with E-state index in [1.165, 1.54) is 23.3 Å².